The van der Waals surface area contributed by atoms with Crippen LogP contribution in [0.15, 0.2) is 12.1 Å². The highest BCUT2D eigenvalue weighted by Crippen LogP contribution is 2.27. The van der Waals surface area contributed by atoms with Gasteiger partial charge in [-0.05, 0) is 12.1 Å². The second-order valence-electron chi connectivity index (χ2n) is 2.82. The first kappa shape index (κ1) is 12.6. The molecule has 1 rings (SSSR count). The molecule has 0 unspecified atom stereocenters. The topological polar surface area (TPSA) is 87.4 Å². The Kier molecular flexibility index (Phi) is 3.72. The lowest BCUT2D eigenvalue weighted by molar-refractivity contribution is -0.0505. The molecular weight excluding hydrogens is 236 g/mol. The number of halogens is 2. The minimum atomic E-state index is -3.29. The molecule has 1 N–H and O–H groups in total. The largest absolute Gasteiger partial charge is 0.478 e. The molecule has 0 heterocycles. The molecule has 88 valence electrons. The van der Waals surface area contributed by atoms with Crippen LogP contribution < -0.4 is 4.74 Å². The number of carbonyl (C=O) groups excluding carboxylic acids is 1. The Hall–Kier alpha value is -2.49. The Balaban J connectivity index is 3.50. The van der Waals surface area contributed by atoms with E-state index in [1.54, 1.807) is 6.07 Å². The number of aldehydes is 1. The summed E-state index contributed by atoms with van der Waals surface area (Å²) in [6, 6.07) is 3.55. The summed E-state index contributed by atoms with van der Waals surface area (Å²) in [5, 5.41) is 17.4. The van der Waals surface area contributed by atoms with E-state index in [4.69, 9.17) is 10.4 Å². The molecule has 5 nitrogen and oxygen atoms in total. The molecule has 0 aliphatic rings. The van der Waals surface area contributed by atoms with Crippen molar-refractivity contribution in [2.24, 2.45) is 0 Å². The number of nitrogens with zero attached hydrogens (tertiary/aromatic N) is 1. The standard InChI is InChI=1S/C10H5F2NO4/c11-10(12)17-8-6(9(15)16)2-1-5(3-13)7(8)4-14/h1-2,4,10H,(H,15,16). The van der Waals surface area contributed by atoms with Crippen molar-refractivity contribution in [3.63, 3.8) is 0 Å². The van der Waals surface area contributed by atoms with Crippen LogP contribution in [0.1, 0.15) is 26.3 Å². The van der Waals surface area contributed by atoms with Gasteiger partial charge in [0.1, 0.15) is 11.6 Å². The Bertz CT molecular complexity index is 508. The minimum absolute atomic E-state index is 0.0999. The first-order valence-electron chi connectivity index (χ1n) is 4.21. The molecule has 17 heavy (non-hydrogen) atoms. The zero-order valence-electron chi connectivity index (χ0n) is 8.18. The van der Waals surface area contributed by atoms with Crippen LogP contribution in [-0.4, -0.2) is 24.0 Å². The van der Waals surface area contributed by atoms with Gasteiger partial charge in [0.25, 0.3) is 0 Å². The number of rotatable bonds is 4. The maximum Gasteiger partial charge on any atom is 0.387 e. The van der Waals surface area contributed by atoms with E-state index in [-0.39, 0.29) is 11.8 Å². The third kappa shape index (κ3) is 2.55. The molecule has 0 radical (unpaired) electrons. The average Bonchev–Trinajstić information content (AvgIpc) is 2.27. The fourth-order valence-corrected chi connectivity index (χ4v) is 1.20. The fraction of sp³-hybridized carbons (Fsp3) is 0.100. The monoisotopic (exact) mass is 241 g/mol. The highest BCUT2D eigenvalue weighted by atomic mass is 19.3. The summed E-state index contributed by atoms with van der Waals surface area (Å²) in [4.78, 5) is 21.4. The van der Waals surface area contributed by atoms with Crippen molar-refractivity contribution >= 4 is 12.3 Å². The van der Waals surface area contributed by atoms with E-state index in [1.807, 2.05) is 0 Å². The van der Waals surface area contributed by atoms with Gasteiger partial charge < -0.3 is 9.84 Å². The molecule has 1 aromatic rings. The lowest BCUT2D eigenvalue weighted by atomic mass is 10.0. The normalized spacial score (nSPS) is 9.76. The molecule has 0 bridgehead atoms. The number of carbonyl (C=O) groups is 2. The molecule has 0 spiro atoms. The molecule has 7 heteroatoms. The van der Waals surface area contributed by atoms with E-state index in [1.165, 1.54) is 0 Å². The number of hydrogen-bond donors (Lipinski definition) is 1. The molecule has 0 atom stereocenters. The lowest BCUT2D eigenvalue weighted by Crippen LogP contribution is -2.11. The van der Waals surface area contributed by atoms with E-state index in [2.05, 4.69) is 4.74 Å². The van der Waals surface area contributed by atoms with Crippen molar-refractivity contribution in [2.45, 2.75) is 6.61 Å². The molecule has 0 fully saturated rings. The Morgan fingerprint density at radius 2 is 2.18 bits per heavy atom. The van der Waals surface area contributed by atoms with E-state index < -0.39 is 29.5 Å². The SMILES string of the molecule is N#Cc1ccc(C(=O)O)c(OC(F)F)c1C=O. The molecule has 0 amide bonds. The van der Waals surface area contributed by atoms with Crippen molar-refractivity contribution in [3.8, 4) is 11.8 Å². The summed E-state index contributed by atoms with van der Waals surface area (Å²) >= 11 is 0. The number of hydrogen-bond acceptors (Lipinski definition) is 4. The van der Waals surface area contributed by atoms with Crippen LogP contribution in [0.3, 0.4) is 0 Å². The van der Waals surface area contributed by atoms with Gasteiger partial charge in [-0.25, -0.2) is 4.79 Å². The molecule has 1 aromatic carbocycles. The van der Waals surface area contributed by atoms with Crippen LogP contribution in [0, 0.1) is 11.3 Å². The van der Waals surface area contributed by atoms with E-state index in [0.717, 1.165) is 12.1 Å². The molecule has 0 aliphatic carbocycles. The summed E-state index contributed by atoms with van der Waals surface area (Å²) in [5.41, 5.74) is -1.35. The summed E-state index contributed by atoms with van der Waals surface area (Å²) in [7, 11) is 0. The molecular formula is C10H5F2NO4. The van der Waals surface area contributed by atoms with Crippen molar-refractivity contribution in [2.75, 3.05) is 0 Å². The molecule has 0 aromatic heterocycles. The van der Waals surface area contributed by atoms with Crippen molar-refractivity contribution in [1.82, 2.24) is 0 Å². The van der Waals surface area contributed by atoms with E-state index in [0.29, 0.717) is 0 Å². The smallest absolute Gasteiger partial charge is 0.387 e. The quantitative estimate of drug-likeness (QED) is 0.810. The number of carboxylic acids is 1. The van der Waals surface area contributed by atoms with Crippen molar-refractivity contribution in [1.29, 1.82) is 5.26 Å². The first-order valence-corrected chi connectivity index (χ1v) is 4.21. The predicted octanol–water partition coefficient (Wildman–Crippen LogP) is 1.67. The lowest BCUT2D eigenvalue weighted by Gasteiger charge is -2.10. The van der Waals surface area contributed by atoms with Crippen LogP contribution in [0.25, 0.3) is 0 Å². The number of nitriles is 1. The van der Waals surface area contributed by atoms with Crippen LogP contribution in [0.4, 0.5) is 8.78 Å². The second-order valence-corrected chi connectivity index (χ2v) is 2.82. The number of aromatic carboxylic acids is 1. The van der Waals surface area contributed by atoms with Gasteiger partial charge >= 0.3 is 12.6 Å². The highest BCUT2D eigenvalue weighted by molar-refractivity contribution is 5.96. The van der Waals surface area contributed by atoms with Gasteiger partial charge in [-0.15, -0.1) is 0 Å². The van der Waals surface area contributed by atoms with Crippen LogP contribution >= 0.6 is 0 Å². The zero-order valence-corrected chi connectivity index (χ0v) is 8.18. The van der Waals surface area contributed by atoms with Gasteiger partial charge in [-0.3, -0.25) is 4.79 Å². The molecule has 0 aliphatic heterocycles. The third-order valence-corrected chi connectivity index (χ3v) is 1.87. The van der Waals surface area contributed by atoms with E-state index in [9.17, 15) is 18.4 Å². The van der Waals surface area contributed by atoms with Gasteiger partial charge in [-0.2, -0.15) is 14.0 Å². The Morgan fingerprint density at radius 1 is 1.53 bits per heavy atom. The minimum Gasteiger partial charge on any atom is -0.478 e. The third-order valence-electron chi connectivity index (χ3n) is 1.87. The Labute approximate surface area is 93.8 Å². The van der Waals surface area contributed by atoms with Gasteiger partial charge in [0.15, 0.2) is 12.0 Å². The number of benzene rings is 1. The van der Waals surface area contributed by atoms with Crippen molar-refractivity contribution < 1.29 is 28.2 Å². The summed E-state index contributed by atoms with van der Waals surface area (Å²) in [5.74, 6) is -2.34. The maximum atomic E-state index is 12.1. The average molecular weight is 241 g/mol. The maximum absolute atomic E-state index is 12.1. The van der Waals surface area contributed by atoms with Gasteiger partial charge in [-0.1, -0.05) is 0 Å². The zero-order chi connectivity index (χ0) is 13.0. The summed E-state index contributed by atoms with van der Waals surface area (Å²) < 4.78 is 28.2. The predicted molar refractivity (Wildman–Crippen MR) is 50.1 cm³/mol. The number of alkyl halides is 2. The molecule has 0 saturated heterocycles. The molecule has 0 saturated carbocycles. The second kappa shape index (κ2) is 5.03. The fourth-order valence-electron chi connectivity index (χ4n) is 1.20. The Morgan fingerprint density at radius 3 is 2.59 bits per heavy atom. The summed E-state index contributed by atoms with van der Waals surface area (Å²) in [6.45, 7) is -3.29. The van der Waals surface area contributed by atoms with Gasteiger partial charge in [0.05, 0.1) is 11.1 Å². The first-order chi connectivity index (χ1) is 8.01. The van der Waals surface area contributed by atoms with Crippen LogP contribution in [0.5, 0.6) is 5.75 Å². The number of carboxylic acid groups (broad SMARTS) is 1. The summed E-state index contributed by atoms with van der Waals surface area (Å²) in [6.07, 6.45) is 0.0999. The number of ether oxygens (including phenoxy) is 1. The van der Waals surface area contributed by atoms with Crippen molar-refractivity contribution in [3.05, 3.63) is 28.8 Å². The van der Waals surface area contributed by atoms with Crippen LogP contribution in [0.2, 0.25) is 0 Å². The van der Waals surface area contributed by atoms with Gasteiger partial charge in [0.2, 0.25) is 0 Å². The highest BCUT2D eigenvalue weighted by Gasteiger charge is 2.21. The van der Waals surface area contributed by atoms with Gasteiger partial charge in [0, 0.05) is 0 Å². The van der Waals surface area contributed by atoms with Crippen LogP contribution in [-0.2, 0) is 0 Å². The van der Waals surface area contributed by atoms with E-state index >= 15 is 0 Å².